The number of rotatable bonds is 6. The molecule has 0 aliphatic heterocycles. The molecule has 0 bridgehead atoms. The van der Waals surface area contributed by atoms with E-state index in [0.29, 0.717) is 22.9 Å². The van der Waals surface area contributed by atoms with Gasteiger partial charge < -0.3 is 16.4 Å². The van der Waals surface area contributed by atoms with E-state index in [4.69, 9.17) is 5.73 Å². The predicted octanol–water partition coefficient (Wildman–Crippen LogP) is 1.33. The number of hydrogen-bond acceptors (Lipinski definition) is 6. The van der Waals surface area contributed by atoms with Crippen molar-refractivity contribution in [1.82, 2.24) is 19.9 Å². The Labute approximate surface area is 152 Å². The van der Waals surface area contributed by atoms with Crippen molar-refractivity contribution in [2.75, 3.05) is 18.1 Å². The lowest BCUT2D eigenvalue weighted by Gasteiger charge is -2.17. The zero-order chi connectivity index (χ0) is 19.4. The second-order valence-corrected chi connectivity index (χ2v) is 6.34. The Kier molecular flexibility index (Phi) is 5.97. The van der Waals surface area contributed by atoms with Crippen molar-refractivity contribution >= 4 is 17.4 Å². The van der Waals surface area contributed by atoms with E-state index in [1.165, 1.54) is 4.57 Å². The minimum absolute atomic E-state index is 0.119. The highest BCUT2D eigenvalue weighted by molar-refractivity contribution is 5.79. The summed E-state index contributed by atoms with van der Waals surface area (Å²) < 4.78 is 1.45. The Morgan fingerprint density at radius 3 is 2.69 bits per heavy atom. The summed E-state index contributed by atoms with van der Waals surface area (Å²) in [5, 5.41) is 5.69. The van der Waals surface area contributed by atoms with Crippen LogP contribution in [0, 0.1) is 13.8 Å². The molecule has 140 valence electrons. The largest absolute Gasteiger partial charge is 0.396 e. The molecular weight excluding hydrogens is 332 g/mol. The Morgan fingerprint density at radius 1 is 1.38 bits per heavy atom. The first-order chi connectivity index (χ1) is 12.3. The summed E-state index contributed by atoms with van der Waals surface area (Å²) in [6.45, 7) is 7.57. The molecule has 8 heteroatoms. The Hall–Kier alpha value is -2.90. The molecule has 2 heterocycles. The summed E-state index contributed by atoms with van der Waals surface area (Å²) in [4.78, 5) is 33.2. The van der Waals surface area contributed by atoms with E-state index in [9.17, 15) is 9.59 Å². The van der Waals surface area contributed by atoms with Gasteiger partial charge in [-0.25, -0.2) is 9.97 Å². The smallest absolute Gasteiger partial charge is 0.299 e. The minimum atomic E-state index is -0.303. The van der Waals surface area contributed by atoms with E-state index >= 15 is 0 Å². The average Bonchev–Trinajstić information content (AvgIpc) is 2.61. The van der Waals surface area contributed by atoms with Crippen molar-refractivity contribution in [3.63, 3.8) is 0 Å². The lowest BCUT2D eigenvalue weighted by atomic mass is 10.1. The fourth-order valence-corrected chi connectivity index (χ4v) is 2.51. The first-order valence-corrected chi connectivity index (χ1v) is 8.60. The van der Waals surface area contributed by atoms with E-state index < -0.39 is 0 Å². The number of anilines is 2. The van der Waals surface area contributed by atoms with Gasteiger partial charge in [-0.3, -0.25) is 14.2 Å². The molecule has 0 aliphatic rings. The van der Waals surface area contributed by atoms with E-state index in [0.717, 1.165) is 12.0 Å². The molecule has 1 amide bonds. The van der Waals surface area contributed by atoms with Crippen LogP contribution in [0.1, 0.15) is 37.2 Å². The highest BCUT2D eigenvalue weighted by atomic mass is 16.1. The van der Waals surface area contributed by atoms with Crippen molar-refractivity contribution in [3.8, 4) is 5.82 Å². The molecule has 0 saturated carbocycles. The molecule has 2 rings (SSSR count). The van der Waals surface area contributed by atoms with Gasteiger partial charge in [0.15, 0.2) is 11.6 Å². The maximum atomic E-state index is 12.9. The maximum absolute atomic E-state index is 12.9. The topological polar surface area (TPSA) is 115 Å². The normalized spacial score (nSPS) is 11.9. The summed E-state index contributed by atoms with van der Waals surface area (Å²) in [5.41, 5.74) is 8.19. The summed E-state index contributed by atoms with van der Waals surface area (Å²) in [6, 6.07) is 1.81. The van der Waals surface area contributed by atoms with Crippen LogP contribution in [0.25, 0.3) is 5.82 Å². The van der Waals surface area contributed by atoms with Gasteiger partial charge in [0.1, 0.15) is 0 Å². The Balaban J connectivity index is 2.54. The SMILES string of the molecule is CCC(C)Nc1ncc(C)n(-c2nc(C)c(CC(=O)NC)cc2N)c1=O. The standard InChI is InChI=1S/C18H26N6O2/c1-6-10(2)22-16-18(26)24(11(3)9-21-16)17-14(19)7-13(12(4)23-17)8-15(25)20-5/h7,9-10H,6,8,19H2,1-5H3,(H,20,25)(H,21,22). The van der Waals surface area contributed by atoms with Gasteiger partial charge in [0, 0.05) is 30.7 Å². The average molecular weight is 358 g/mol. The van der Waals surface area contributed by atoms with Gasteiger partial charge in [0.05, 0.1) is 12.1 Å². The molecule has 8 nitrogen and oxygen atoms in total. The lowest BCUT2D eigenvalue weighted by molar-refractivity contribution is -0.119. The second-order valence-electron chi connectivity index (χ2n) is 6.34. The number of likely N-dealkylation sites (N-methyl/N-ethyl adjacent to an activating group) is 1. The molecule has 1 atom stereocenters. The van der Waals surface area contributed by atoms with E-state index in [2.05, 4.69) is 20.6 Å². The van der Waals surface area contributed by atoms with Crippen molar-refractivity contribution in [2.45, 2.75) is 46.6 Å². The molecule has 0 fully saturated rings. The quantitative estimate of drug-likeness (QED) is 0.717. The molecule has 0 radical (unpaired) electrons. The summed E-state index contributed by atoms with van der Waals surface area (Å²) in [5.74, 6) is 0.484. The molecule has 0 spiro atoms. The summed E-state index contributed by atoms with van der Waals surface area (Å²) in [6.07, 6.45) is 2.66. The predicted molar refractivity (Wildman–Crippen MR) is 103 cm³/mol. The van der Waals surface area contributed by atoms with E-state index in [1.54, 1.807) is 33.2 Å². The Bertz CT molecular complexity index is 875. The highest BCUT2D eigenvalue weighted by Gasteiger charge is 2.17. The number of nitrogen functional groups attached to an aromatic ring is 1. The fourth-order valence-electron chi connectivity index (χ4n) is 2.51. The third-order valence-electron chi connectivity index (χ3n) is 4.30. The van der Waals surface area contributed by atoms with Crippen molar-refractivity contribution in [3.05, 3.63) is 39.6 Å². The highest BCUT2D eigenvalue weighted by Crippen LogP contribution is 2.20. The van der Waals surface area contributed by atoms with E-state index in [-0.39, 0.29) is 29.7 Å². The number of nitrogens with zero attached hydrogens (tertiary/aromatic N) is 3. The molecule has 0 aliphatic carbocycles. The number of carbonyl (C=O) groups excluding carboxylic acids is 1. The van der Waals surface area contributed by atoms with Crippen LogP contribution in [-0.4, -0.2) is 33.5 Å². The molecule has 26 heavy (non-hydrogen) atoms. The number of amides is 1. The second kappa shape index (κ2) is 7.99. The summed E-state index contributed by atoms with van der Waals surface area (Å²) >= 11 is 0. The van der Waals surface area contributed by atoms with Crippen LogP contribution in [0.2, 0.25) is 0 Å². The van der Waals surface area contributed by atoms with Crippen LogP contribution in [0.4, 0.5) is 11.5 Å². The molecular formula is C18H26N6O2. The van der Waals surface area contributed by atoms with Gasteiger partial charge in [-0.2, -0.15) is 0 Å². The number of hydrogen-bond donors (Lipinski definition) is 3. The van der Waals surface area contributed by atoms with Crippen LogP contribution < -0.4 is 21.9 Å². The van der Waals surface area contributed by atoms with Crippen LogP contribution >= 0.6 is 0 Å². The van der Waals surface area contributed by atoms with Gasteiger partial charge in [0.25, 0.3) is 5.56 Å². The lowest BCUT2D eigenvalue weighted by Crippen LogP contribution is -2.29. The van der Waals surface area contributed by atoms with Crippen LogP contribution in [-0.2, 0) is 11.2 Å². The third kappa shape index (κ3) is 4.01. The molecule has 0 aromatic carbocycles. The zero-order valence-electron chi connectivity index (χ0n) is 15.9. The minimum Gasteiger partial charge on any atom is -0.396 e. The monoisotopic (exact) mass is 358 g/mol. The van der Waals surface area contributed by atoms with Gasteiger partial charge in [-0.05, 0) is 38.8 Å². The van der Waals surface area contributed by atoms with Gasteiger partial charge >= 0.3 is 0 Å². The van der Waals surface area contributed by atoms with Crippen molar-refractivity contribution in [2.24, 2.45) is 0 Å². The number of carbonyl (C=O) groups is 1. The first kappa shape index (κ1) is 19.4. The third-order valence-corrected chi connectivity index (χ3v) is 4.30. The summed E-state index contributed by atoms with van der Waals surface area (Å²) in [7, 11) is 1.58. The maximum Gasteiger partial charge on any atom is 0.299 e. The molecule has 1 unspecified atom stereocenters. The molecule has 2 aromatic heterocycles. The van der Waals surface area contributed by atoms with Gasteiger partial charge in [0.2, 0.25) is 5.91 Å². The number of nitrogens with two attached hydrogens (primary N) is 1. The number of aryl methyl sites for hydroxylation is 2. The van der Waals surface area contributed by atoms with Crippen LogP contribution in [0.5, 0.6) is 0 Å². The zero-order valence-corrected chi connectivity index (χ0v) is 15.9. The van der Waals surface area contributed by atoms with Crippen LogP contribution in [0.15, 0.2) is 17.1 Å². The number of aromatic nitrogens is 3. The molecule has 2 aromatic rings. The van der Waals surface area contributed by atoms with Gasteiger partial charge in [-0.15, -0.1) is 0 Å². The molecule has 0 saturated heterocycles. The van der Waals surface area contributed by atoms with Crippen molar-refractivity contribution in [1.29, 1.82) is 0 Å². The van der Waals surface area contributed by atoms with Crippen molar-refractivity contribution < 1.29 is 4.79 Å². The fraction of sp³-hybridized carbons (Fsp3) is 0.444. The first-order valence-electron chi connectivity index (χ1n) is 8.60. The van der Waals surface area contributed by atoms with Gasteiger partial charge in [-0.1, -0.05) is 6.92 Å². The Morgan fingerprint density at radius 2 is 2.08 bits per heavy atom. The number of pyridine rings is 1. The van der Waals surface area contributed by atoms with E-state index in [1.807, 2.05) is 13.8 Å². The van der Waals surface area contributed by atoms with Crippen LogP contribution in [0.3, 0.4) is 0 Å². The molecule has 4 N–H and O–H groups in total. The number of nitrogens with one attached hydrogen (secondary N) is 2.